The number of hydrogen-bond acceptors (Lipinski definition) is 1. The maximum absolute atomic E-state index is 3.24. The molecule has 0 radical (unpaired) electrons. The molecule has 102 valence electrons. The molecule has 1 heteroatoms. The molecular formula is C18H24S. The molecule has 0 saturated heterocycles. The summed E-state index contributed by atoms with van der Waals surface area (Å²) in [6.45, 7) is 4.44. The lowest BCUT2D eigenvalue weighted by Gasteiger charge is -2.05. The van der Waals surface area contributed by atoms with Crippen LogP contribution in [0.2, 0.25) is 0 Å². The van der Waals surface area contributed by atoms with Gasteiger partial charge >= 0.3 is 0 Å². The molecule has 0 fully saturated rings. The normalized spacial score (nSPS) is 10.9. The number of thioether (sulfide) groups is 1. The van der Waals surface area contributed by atoms with Crippen molar-refractivity contribution in [1.82, 2.24) is 0 Å². The Labute approximate surface area is 122 Å². The summed E-state index contributed by atoms with van der Waals surface area (Å²) in [6.07, 6.45) is 9.17. The van der Waals surface area contributed by atoms with Crippen LogP contribution in [0.1, 0.15) is 52.4 Å². The van der Waals surface area contributed by atoms with E-state index >= 15 is 0 Å². The minimum absolute atomic E-state index is 1.02. The topological polar surface area (TPSA) is 0 Å². The molecule has 1 aromatic carbocycles. The van der Waals surface area contributed by atoms with Gasteiger partial charge in [-0.3, -0.25) is 0 Å². The first-order valence-electron chi connectivity index (χ1n) is 7.27. The van der Waals surface area contributed by atoms with E-state index in [1.807, 2.05) is 11.8 Å². The van der Waals surface area contributed by atoms with E-state index in [0.29, 0.717) is 0 Å². The maximum atomic E-state index is 3.24. The molecule has 0 nitrogen and oxygen atoms in total. The summed E-state index contributed by atoms with van der Waals surface area (Å²) in [4.78, 5) is 2.69. The van der Waals surface area contributed by atoms with E-state index in [1.165, 1.54) is 35.5 Å². The molecule has 0 aliphatic heterocycles. The standard InChI is InChI=1S/C18H24S/c1-3-5-7-8-10-14-17(13-6-4-2)19-18-15-11-9-12-16-18/h9,11-12,14-16H,3-7,13H2,1-2H3/b17-14-. The molecule has 0 aliphatic carbocycles. The van der Waals surface area contributed by atoms with Crippen molar-refractivity contribution in [3.8, 4) is 11.8 Å². The Kier molecular flexibility index (Phi) is 9.02. The second-order valence-electron chi connectivity index (χ2n) is 4.55. The number of benzene rings is 1. The molecule has 0 atom stereocenters. The fraction of sp³-hybridized carbons (Fsp3) is 0.444. The third-order valence-corrected chi connectivity index (χ3v) is 3.85. The van der Waals surface area contributed by atoms with Crippen molar-refractivity contribution < 1.29 is 0 Å². The van der Waals surface area contributed by atoms with Crippen LogP contribution in [-0.4, -0.2) is 0 Å². The Morgan fingerprint density at radius 1 is 1.11 bits per heavy atom. The highest BCUT2D eigenvalue weighted by atomic mass is 32.2. The molecule has 0 unspecified atom stereocenters. The molecule has 1 rings (SSSR count). The van der Waals surface area contributed by atoms with Crippen molar-refractivity contribution in [3.63, 3.8) is 0 Å². The van der Waals surface area contributed by atoms with Crippen LogP contribution in [-0.2, 0) is 0 Å². The third kappa shape index (κ3) is 7.80. The van der Waals surface area contributed by atoms with E-state index in [-0.39, 0.29) is 0 Å². The van der Waals surface area contributed by atoms with Crippen LogP contribution in [0.5, 0.6) is 0 Å². The zero-order valence-corrected chi connectivity index (χ0v) is 12.9. The van der Waals surface area contributed by atoms with Crippen molar-refractivity contribution in [1.29, 1.82) is 0 Å². The van der Waals surface area contributed by atoms with Crippen LogP contribution >= 0.6 is 11.8 Å². The Morgan fingerprint density at radius 3 is 2.53 bits per heavy atom. The number of hydrogen-bond donors (Lipinski definition) is 0. The molecule has 19 heavy (non-hydrogen) atoms. The molecule has 0 spiro atoms. The fourth-order valence-corrected chi connectivity index (χ4v) is 2.57. The molecule has 0 amide bonds. The van der Waals surface area contributed by atoms with E-state index in [1.54, 1.807) is 0 Å². The third-order valence-electron chi connectivity index (χ3n) is 2.76. The van der Waals surface area contributed by atoms with E-state index < -0.39 is 0 Å². The Hall–Kier alpha value is -1.13. The zero-order chi connectivity index (χ0) is 13.8. The van der Waals surface area contributed by atoms with Gasteiger partial charge in [-0.15, -0.1) is 0 Å². The van der Waals surface area contributed by atoms with Crippen LogP contribution in [0.15, 0.2) is 46.2 Å². The quantitative estimate of drug-likeness (QED) is 0.331. The lowest BCUT2D eigenvalue weighted by Crippen LogP contribution is -1.79. The lowest BCUT2D eigenvalue weighted by molar-refractivity contribution is 0.808. The van der Waals surface area contributed by atoms with E-state index in [0.717, 1.165) is 12.8 Å². The highest BCUT2D eigenvalue weighted by Gasteiger charge is 1.99. The predicted octanol–water partition coefficient (Wildman–Crippen LogP) is 6.05. The van der Waals surface area contributed by atoms with Crippen LogP contribution in [0.3, 0.4) is 0 Å². The van der Waals surface area contributed by atoms with Crippen LogP contribution < -0.4 is 0 Å². The first-order valence-corrected chi connectivity index (χ1v) is 8.08. The van der Waals surface area contributed by atoms with Gasteiger partial charge in [0.25, 0.3) is 0 Å². The van der Waals surface area contributed by atoms with Crippen molar-refractivity contribution in [3.05, 3.63) is 41.3 Å². The Balaban J connectivity index is 2.59. The average molecular weight is 272 g/mol. The van der Waals surface area contributed by atoms with E-state index in [4.69, 9.17) is 0 Å². The SMILES string of the molecule is CCCCC#C/C=C(/CCCC)Sc1ccccc1. The van der Waals surface area contributed by atoms with Crippen molar-refractivity contribution in [2.24, 2.45) is 0 Å². The number of allylic oxidation sites excluding steroid dienone is 2. The minimum atomic E-state index is 1.02. The Bertz CT molecular complexity index is 420. The number of rotatable bonds is 7. The van der Waals surface area contributed by atoms with Gasteiger partial charge in [0.05, 0.1) is 0 Å². The van der Waals surface area contributed by atoms with Crippen molar-refractivity contribution in [2.45, 2.75) is 57.3 Å². The fourth-order valence-electron chi connectivity index (χ4n) is 1.61. The molecule has 0 saturated carbocycles. The van der Waals surface area contributed by atoms with E-state index in [2.05, 4.69) is 62.1 Å². The molecule has 1 aromatic rings. The van der Waals surface area contributed by atoms with Gasteiger partial charge in [0.2, 0.25) is 0 Å². The largest absolute Gasteiger partial charge is 0.0985 e. The summed E-state index contributed by atoms with van der Waals surface area (Å²) in [7, 11) is 0. The summed E-state index contributed by atoms with van der Waals surface area (Å²) < 4.78 is 0. The average Bonchev–Trinajstić information content (AvgIpc) is 2.45. The molecular weight excluding hydrogens is 248 g/mol. The van der Waals surface area contributed by atoms with E-state index in [9.17, 15) is 0 Å². The summed E-state index contributed by atoms with van der Waals surface area (Å²) in [5, 5.41) is 0. The van der Waals surface area contributed by atoms with Gasteiger partial charge in [-0.1, -0.05) is 68.5 Å². The predicted molar refractivity (Wildman–Crippen MR) is 87.2 cm³/mol. The summed E-state index contributed by atoms with van der Waals surface area (Å²) in [5.41, 5.74) is 0. The first kappa shape index (κ1) is 15.9. The Morgan fingerprint density at radius 2 is 1.84 bits per heavy atom. The highest BCUT2D eigenvalue weighted by Crippen LogP contribution is 2.29. The monoisotopic (exact) mass is 272 g/mol. The van der Waals surface area contributed by atoms with Crippen molar-refractivity contribution >= 4 is 11.8 Å². The summed E-state index contributed by atoms with van der Waals surface area (Å²) >= 11 is 1.85. The molecule has 0 aliphatic rings. The second-order valence-corrected chi connectivity index (χ2v) is 5.75. The van der Waals surface area contributed by atoms with Crippen LogP contribution in [0, 0.1) is 11.8 Å². The molecule has 0 heterocycles. The van der Waals surface area contributed by atoms with Gasteiger partial charge in [-0.25, -0.2) is 0 Å². The van der Waals surface area contributed by atoms with Crippen LogP contribution in [0.4, 0.5) is 0 Å². The smallest absolute Gasteiger partial charge is 0.0119 e. The van der Waals surface area contributed by atoms with Gasteiger partial charge in [-0.2, -0.15) is 0 Å². The first-order chi connectivity index (χ1) is 9.36. The molecule has 0 bridgehead atoms. The second kappa shape index (κ2) is 10.8. The summed E-state index contributed by atoms with van der Waals surface area (Å²) in [5.74, 6) is 6.46. The zero-order valence-electron chi connectivity index (χ0n) is 12.1. The lowest BCUT2D eigenvalue weighted by atomic mass is 10.2. The summed E-state index contributed by atoms with van der Waals surface area (Å²) in [6, 6.07) is 10.6. The van der Waals surface area contributed by atoms with Crippen molar-refractivity contribution in [2.75, 3.05) is 0 Å². The highest BCUT2D eigenvalue weighted by molar-refractivity contribution is 8.03. The van der Waals surface area contributed by atoms with Gasteiger partial charge in [0.1, 0.15) is 0 Å². The minimum Gasteiger partial charge on any atom is -0.0985 e. The van der Waals surface area contributed by atoms with Gasteiger partial charge < -0.3 is 0 Å². The van der Waals surface area contributed by atoms with Gasteiger partial charge in [-0.05, 0) is 42.4 Å². The van der Waals surface area contributed by atoms with Crippen LogP contribution in [0.25, 0.3) is 0 Å². The van der Waals surface area contributed by atoms with Gasteiger partial charge in [0, 0.05) is 11.3 Å². The number of unbranched alkanes of at least 4 members (excludes halogenated alkanes) is 3. The molecule has 0 N–H and O–H groups in total. The van der Waals surface area contributed by atoms with Gasteiger partial charge in [0.15, 0.2) is 0 Å². The molecule has 0 aromatic heterocycles. The maximum Gasteiger partial charge on any atom is 0.0119 e.